The quantitative estimate of drug-likeness (QED) is 0.387. The highest BCUT2D eigenvalue weighted by atomic mass is 32.1. The van der Waals surface area contributed by atoms with Crippen molar-refractivity contribution in [2.75, 3.05) is 0 Å². The molecule has 2 aromatic carbocycles. The summed E-state index contributed by atoms with van der Waals surface area (Å²) in [7, 11) is 0. The molecular weight excluding hydrogens is 312 g/mol. The van der Waals surface area contributed by atoms with Gasteiger partial charge in [-0.05, 0) is 46.2 Å². The number of thiophene rings is 1. The van der Waals surface area contributed by atoms with Crippen LogP contribution in [0, 0.1) is 10.1 Å². The summed E-state index contributed by atoms with van der Waals surface area (Å²) < 4.78 is 5.73. The Bertz CT molecular complexity index is 1010. The summed E-state index contributed by atoms with van der Waals surface area (Å²) in [5.74, 6) is 0.381. The van der Waals surface area contributed by atoms with Gasteiger partial charge in [-0.25, -0.2) is 4.98 Å². The predicted octanol–water partition coefficient (Wildman–Crippen LogP) is 5.13. The SMILES string of the molecule is O=[N+]([O-])c1cccc(-c2nc3cc(-c4ccsc4)ccc3o2)c1. The van der Waals surface area contributed by atoms with Crippen LogP contribution in [0.3, 0.4) is 0 Å². The molecule has 2 aromatic heterocycles. The van der Waals surface area contributed by atoms with Crippen LogP contribution in [-0.2, 0) is 0 Å². The highest BCUT2D eigenvalue weighted by Crippen LogP contribution is 2.30. The van der Waals surface area contributed by atoms with Gasteiger partial charge in [0.15, 0.2) is 5.58 Å². The molecule has 4 aromatic rings. The molecule has 0 spiro atoms. The first-order chi connectivity index (χ1) is 11.2. The van der Waals surface area contributed by atoms with Gasteiger partial charge in [-0.2, -0.15) is 11.3 Å². The molecule has 0 fully saturated rings. The molecule has 0 N–H and O–H groups in total. The van der Waals surface area contributed by atoms with Crippen molar-refractivity contribution in [1.82, 2.24) is 4.98 Å². The molecule has 0 aliphatic heterocycles. The molecule has 0 unspecified atom stereocenters. The first kappa shape index (κ1) is 13.7. The minimum absolute atomic E-state index is 0.0173. The molecule has 0 amide bonds. The van der Waals surface area contributed by atoms with Crippen molar-refractivity contribution in [3.63, 3.8) is 0 Å². The Morgan fingerprint density at radius 3 is 2.74 bits per heavy atom. The molecule has 0 atom stereocenters. The second kappa shape index (κ2) is 5.33. The number of aromatic nitrogens is 1. The van der Waals surface area contributed by atoms with Gasteiger partial charge in [-0.15, -0.1) is 0 Å². The van der Waals surface area contributed by atoms with Crippen molar-refractivity contribution in [2.45, 2.75) is 0 Å². The van der Waals surface area contributed by atoms with Crippen LogP contribution in [0.2, 0.25) is 0 Å². The molecule has 23 heavy (non-hydrogen) atoms. The van der Waals surface area contributed by atoms with Crippen LogP contribution in [0.4, 0.5) is 5.69 Å². The average molecular weight is 322 g/mol. The highest BCUT2D eigenvalue weighted by Gasteiger charge is 2.13. The lowest BCUT2D eigenvalue weighted by molar-refractivity contribution is -0.384. The average Bonchev–Trinajstić information content (AvgIpc) is 3.23. The predicted molar refractivity (Wildman–Crippen MR) is 89.4 cm³/mol. The van der Waals surface area contributed by atoms with Crippen LogP contribution in [-0.4, -0.2) is 9.91 Å². The number of fused-ring (bicyclic) bond motifs is 1. The van der Waals surface area contributed by atoms with E-state index in [4.69, 9.17) is 4.42 Å². The van der Waals surface area contributed by atoms with E-state index in [-0.39, 0.29) is 5.69 Å². The van der Waals surface area contributed by atoms with Crippen molar-refractivity contribution in [3.8, 4) is 22.6 Å². The van der Waals surface area contributed by atoms with E-state index < -0.39 is 4.92 Å². The summed E-state index contributed by atoms with van der Waals surface area (Å²) in [4.78, 5) is 14.9. The summed E-state index contributed by atoms with van der Waals surface area (Å²) in [6, 6.07) is 14.1. The monoisotopic (exact) mass is 322 g/mol. The van der Waals surface area contributed by atoms with Gasteiger partial charge in [0.05, 0.1) is 4.92 Å². The van der Waals surface area contributed by atoms with E-state index in [1.807, 2.05) is 29.6 Å². The smallest absolute Gasteiger partial charge is 0.270 e. The number of nitro benzene ring substituents is 1. The van der Waals surface area contributed by atoms with Gasteiger partial charge in [-0.1, -0.05) is 12.1 Å². The normalized spacial score (nSPS) is 11.0. The molecule has 0 saturated carbocycles. The Kier molecular flexibility index (Phi) is 3.17. The van der Waals surface area contributed by atoms with Crippen molar-refractivity contribution < 1.29 is 9.34 Å². The number of nitro groups is 1. The Morgan fingerprint density at radius 1 is 1.04 bits per heavy atom. The molecule has 0 saturated heterocycles. The van der Waals surface area contributed by atoms with E-state index in [1.54, 1.807) is 23.5 Å². The van der Waals surface area contributed by atoms with Gasteiger partial charge in [0.1, 0.15) is 5.52 Å². The van der Waals surface area contributed by atoms with Crippen LogP contribution in [0.15, 0.2) is 63.7 Å². The lowest BCUT2D eigenvalue weighted by Crippen LogP contribution is -1.87. The van der Waals surface area contributed by atoms with E-state index in [1.165, 1.54) is 12.1 Å². The molecule has 112 valence electrons. The standard InChI is InChI=1S/C17H10N2O3S/c20-19(21)14-3-1-2-12(8-14)17-18-15-9-11(4-5-16(15)22-17)13-6-7-23-10-13/h1-10H. The maximum Gasteiger partial charge on any atom is 0.270 e. The third-order valence-electron chi connectivity index (χ3n) is 3.55. The van der Waals surface area contributed by atoms with E-state index in [0.717, 1.165) is 16.6 Å². The topological polar surface area (TPSA) is 69.2 Å². The number of hydrogen-bond donors (Lipinski definition) is 0. The fourth-order valence-electron chi connectivity index (χ4n) is 2.41. The van der Waals surface area contributed by atoms with Crippen molar-refractivity contribution in [1.29, 1.82) is 0 Å². The van der Waals surface area contributed by atoms with E-state index in [2.05, 4.69) is 10.4 Å². The Balaban J connectivity index is 1.80. The van der Waals surface area contributed by atoms with Crippen molar-refractivity contribution in [3.05, 3.63) is 69.4 Å². The molecule has 0 bridgehead atoms. The van der Waals surface area contributed by atoms with Gasteiger partial charge >= 0.3 is 0 Å². The summed E-state index contributed by atoms with van der Waals surface area (Å²) >= 11 is 1.64. The fraction of sp³-hybridized carbons (Fsp3) is 0. The lowest BCUT2D eigenvalue weighted by Gasteiger charge is -1.95. The molecule has 2 heterocycles. The molecule has 0 aliphatic carbocycles. The third-order valence-corrected chi connectivity index (χ3v) is 4.23. The Hall–Kier alpha value is -2.99. The van der Waals surface area contributed by atoms with Crippen LogP contribution in [0.25, 0.3) is 33.7 Å². The summed E-state index contributed by atoms with van der Waals surface area (Å²) in [5.41, 5.74) is 4.20. The zero-order valence-corrected chi connectivity index (χ0v) is 12.6. The van der Waals surface area contributed by atoms with Gasteiger partial charge in [0.25, 0.3) is 5.69 Å². The maximum atomic E-state index is 10.9. The fourth-order valence-corrected chi connectivity index (χ4v) is 3.08. The molecule has 0 aliphatic rings. The first-order valence-corrected chi connectivity index (χ1v) is 7.83. The van der Waals surface area contributed by atoms with Gasteiger partial charge in [0.2, 0.25) is 5.89 Å². The number of hydrogen-bond acceptors (Lipinski definition) is 5. The van der Waals surface area contributed by atoms with E-state index in [9.17, 15) is 10.1 Å². The van der Waals surface area contributed by atoms with Gasteiger partial charge in [-0.3, -0.25) is 10.1 Å². The molecule has 6 heteroatoms. The minimum atomic E-state index is -0.430. The molecular formula is C17H10N2O3S. The van der Waals surface area contributed by atoms with Gasteiger partial charge in [0, 0.05) is 17.7 Å². The third kappa shape index (κ3) is 2.49. The summed E-state index contributed by atoms with van der Waals surface area (Å²) in [6.45, 7) is 0. The van der Waals surface area contributed by atoms with Crippen molar-refractivity contribution >= 4 is 28.1 Å². The summed E-state index contributed by atoms with van der Waals surface area (Å²) in [6.07, 6.45) is 0. The number of oxazole rings is 1. The zero-order chi connectivity index (χ0) is 15.8. The van der Waals surface area contributed by atoms with Crippen LogP contribution in [0.1, 0.15) is 0 Å². The second-order valence-electron chi connectivity index (χ2n) is 5.02. The first-order valence-electron chi connectivity index (χ1n) is 6.89. The highest BCUT2D eigenvalue weighted by molar-refractivity contribution is 7.08. The number of nitrogens with zero attached hydrogens (tertiary/aromatic N) is 2. The lowest BCUT2D eigenvalue weighted by atomic mass is 10.1. The molecule has 4 rings (SSSR count). The maximum absolute atomic E-state index is 10.9. The molecule has 0 radical (unpaired) electrons. The Morgan fingerprint density at radius 2 is 1.96 bits per heavy atom. The van der Waals surface area contributed by atoms with E-state index in [0.29, 0.717) is 17.0 Å². The number of benzene rings is 2. The van der Waals surface area contributed by atoms with Gasteiger partial charge < -0.3 is 4.42 Å². The van der Waals surface area contributed by atoms with Crippen LogP contribution in [0.5, 0.6) is 0 Å². The number of rotatable bonds is 3. The largest absolute Gasteiger partial charge is 0.436 e. The number of non-ortho nitro benzene ring substituents is 1. The van der Waals surface area contributed by atoms with E-state index >= 15 is 0 Å². The van der Waals surface area contributed by atoms with Crippen molar-refractivity contribution in [2.24, 2.45) is 0 Å². The van der Waals surface area contributed by atoms with Crippen LogP contribution >= 0.6 is 11.3 Å². The molecule has 5 nitrogen and oxygen atoms in total. The van der Waals surface area contributed by atoms with Crippen LogP contribution < -0.4 is 0 Å². The second-order valence-corrected chi connectivity index (χ2v) is 5.80. The summed E-state index contributed by atoms with van der Waals surface area (Å²) in [5, 5.41) is 15.0. The Labute approximate surface area is 135 Å². The zero-order valence-electron chi connectivity index (χ0n) is 11.8. The minimum Gasteiger partial charge on any atom is -0.436 e.